The van der Waals surface area contributed by atoms with E-state index in [4.69, 9.17) is 4.74 Å². The van der Waals surface area contributed by atoms with E-state index in [9.17, 15) is 19.2 Å². The van der Waals surface area contributed by atoms with Crippen molar-refractivity contribution >= 4 is 29.4 Å². The molecule has 3 amide bonds. The molecule has 1 aliphatic rings. The number of amides is 3. The van der Waals surface area contributed by atoms with Crippen LogP contribution in [0.2, 0.25) is 0 Å². The Kier molecular flexibility index (Phi) is 7.34. The third kappa shape index (κ3) is 6.40. The van der Waals surface area contributed by atoms with Crippen molar-refractivity contribution in [3.8, 4) is 0 Å². The largest absolute Gasteiger partial charge is 0.453 e. The van der Waals surface area contributed by atoms with Crippen molar-refractivity contribution in [1.82, 2.24) is 9.80 Å². The van der Waals surface area contributed by atoms with Gasteiger partial charge in [-0.2, -0.15) is 0 Å². The predicted molar refractivity (Wildman–Crippen MR) is 98.7 cm³/mol. The number of benzene rings is 1. The molecule has 1 aromatic rings. The molecule has 27 heavy (non-hydrogen) atoms. The van der Waals surface area contributed by atoms with Crippen LogP contribution in [0.15, 0.2) is 30.3 Å². The molecular weight excluding hydrogens is 350 g/mol. The van der Waals surface area contributed by atoms with Crippen molar-refractivity contribution in [3.63, 3.8) is 0 Å². The third-order valence-corrected chi connectivity index (χ3v) is 4.34. The molecule has 8 nitrogen and oxygen atoms in total. The molecular formula is C19H25N3O5. The van der Waals surface area contributed by atoms with Crippen LogP contribution < -0.4 is 5.32 Å². The molecule has 8 heteroatoms. The molecule has 1 aliphatic heterocycles. The highest BCUT2D eigenvalue weighted by molar-refractivity contribution is 5.95. The average Bonchev–Trinajstić information content (AvgIpc) is 2.66. The summed E-state index contributed by atoms with van der Waals surface area (Å²) in [6.07, 6.45) is -1.02. The van der Waals surface area contributed by atoms with E-state index in [1.165, 1.54) is 13.8 Å². The normalized spacial score (nSPS) is 15.0. The number of piperazine rings is 1. The molecule has 0 radical (unpaired) electrons. The molecule has 1 heterocycles. The minimum absolute atomic E-state index is 0.00607. The van der Waals surface area contributed by atoms with Crippen LogP contribution in [0.25, 0.3) is 0 Å². The van der Waals surface area contributed by atoms with Crippen LogP contribution in [0.5, 0.6) is 0 Å². The van der Waals surface area contributed by atoms with Crippen molar-refractivity contribution in [2.45, 2.75) is 32.8 Å². The number of hydrogen-bond acceptors (Lipinski definition) is 5. The molecule has 1 fully saturated rings. The second-order valence-electron chi connectivity index (χ2n) is 6.37. The Balaban J connectivity index is 1.70. The number of carbonyl (C=O) groups is 4. The fourth-order valence-electron chi connectivity index (χ4n) is 2.71. The molecule has 0 unspecified atom stereocenters. The van der Waals surface area contributed by atoms with Crippen LogP contribution in [-0.2, 0) is 23.9 Å². The maximum Gasteiger partial charge on any atom is 0.307 e. The zero-order valence-corrected chi connectivity index (χ0v) is 15.6. The first-order valence-corrected chi connectivity index (χ1v) is 8.95. The molecule has 0 spiro atoms. The Labute approximate surface area is 158 Å². The van der Waals surface area contributed by atoms with Gasteiger partial charge in [0.05, 0.1) is 6.42 Å². The Morgan fingerprint density at radius 2 is 1.59 bits per heavy atom. The first-order chi connectivity index (χ1) is 12.9. The lowest BCUT2D eigenvalue weighted by atomic mass is 10.2. The minimum Gasteiger partial charge on any atom is -0.453 e. The summed E-state index contributed by atoms with van der Waals surface area (Å²) >= 11 is 0. The van der Waals surface area contributed by atoms with Crippen molar-refractivity contribution in [3.05, 3.63) is 30.3 Å². The van der Waals surface area contributed by atoms with E-state index in [-0.39, 0.29) is 24.7 Å². The molecule has 1 atom stereocenters. The van der Waals surface area contributed by atoms with Gasteiger partial charge in [-0.25, -0.2) is 0 Å². The Hall–Kier alpha value is -2.90. The van der Waals surface area contributed by atoms with Gasteiger partial charge in [-0.3, -0.25) is 19.2 Å². The number of hydrogen-bond donors (Lipinski definition) is 1. The van der Waals surface area contributed by atoms with E-state index < -0.39 is 18.0 Å². The average molecular weight is 375 g/mol. The number of esters is 1. The molecule has 0 bridgehead atoms. The van der Waals surface area contributed by atoms with E-state index in [2.05, 4.69) is 5.32 Å². The van der Waals surface area contributed by atoms with Crippen molar-refractivity contribution in [1.29, 1.82) is 0 Å². The van der Waals surface area contributed by atoms with E-state index >= 15 is 0 Å². The van der Waals surface area contributed by atoms with Crippen LogP contribution in [0.3, 0.4) is 0 Å². The van der Waals surface area contributed by atoms with Gasteiger partial charge < -0.3 is 19.9 Å². The molecule has 146 valence electrons. The Bertz CT molecular complexity index is 684. The number of nitrogens with zero attached hydrogens (tertiary/aromatic N) is 2. The number of nitrogens with one attached hydrogen (secondary N) is 1. The van der Waals surface area contributed by atoms with Crippen molar-refractivity contribution < 1.29 is 23.9 Å². The summed E-state index contributed by atoms with van der Waals surface area (Å²) in [5, 5.41) is 2.65. The zero-order chi connectivity index (χ0) is 19.8. The van der Waals surface area contributed by atoms with E-state index in [0.717, 1.165) is 0 Å². The smallest absolute Gasteiger partial charge is 0.307 e. The molecule has 0 saturated carbocycles. The fourth-order valence-corrected chi connectivity index (χ4v) is 2.71. The van der Waals surface area contributed by atoms with Crippen molar-refractivity contribution in [2.75, 3.05) is 31.5 Å². The lowest BCUT2D eigenvalue weighted by Crippen LogP contribution is -2.50. The van der Waals surface area contributed by atoms with Crippen LogP contribution >= 0.6 is 0 Å². The van der Waals surface area contributed by atoms with Crippen LogP contribution in [0.1, 0.15) is 26.7 Å². The molecule has 0 aliphatic carbocycles. The van der Waals surface area contributed by atoms with Gasteiger partial charge in [0.1, 0.15) is 0 Å². The second-order valence-corrected chi connectivity index (χ2v) is 6.37. The van der Waals surface area contributed by atoms with Crippen LogP contribution in [0, 0.1) is 0 Å². The predicted octanol–water partition coefficient (Wildman–Crippen LogP) is 1.03. The zero-order valence-electron chi connectivity index (χ0n) is 15.6. The molecule has 1 N–H and O–H groups in total. The van der Waals surface area contributed by atoms with Gasteiger partial charge >= 0.3 is 5.97 Å². The molecule has 1 saturated heterocycles. The Morgan fingerprint density at radius 1 is 1.00 bits per heavy atom. The summed E-state index contributed by atoms with van der Waals surface area (Å²) in [5.41, 5.74) is 0.616. The third-order valence-electron chi connectivity index (χ3n) is 4.34. The summed E-state index contributed by atoms with van der Waals surface area (Å²) in [6.45, 7) is 4.92. The van der Waals surface area contributed by atoms with Crippen LogP contribution in [-0.4, -0.2) is 65.8 Å². The van der Waals surface area contributed by atoms with E-state index in [1.54, 1.807) is 34.1 Å². The quantitative estimate of drug-likeness (QED) is 0.749. The number of carbonyl (C=O) groups excluding carboxylic acids is 4. The monoisotopic (exact) mass is 375 g/mol. The molecule has 0 aromatic heterocycles. The van der Waals surface area contributed by atoms with Gasteiger partial charge in [0.25, 0.3) is 5.91 Å². The first kappa shape index (κ1) is 20.4. The standard InChI is InChI=1S/C19H25N3O5/c1-14(19(26)20-16-6-4-3-5-7-16)27-18(25)9-8-17(24)22-12-10-21(11-13-22)15(2)23/h3-7,14H,8-13H2,1-2H3,(H,20,26)/t14-/m1/s1. The minimum atomic E-state index is -0.952. The highest BCUT2D eigenvalue weighted by atomic mass is 16.5. The van der Waals surface area contributed by atoms with E-state index in [0.29, 0.717) is 31.9 Å². The summed E-state index contributed by atoms with van der Waals surface area (Å²) in [5.74, 6) is -1.19. The van der Waals surface area contributed by atoms with Gasteiger partial charge in [-0.1, -0.05) is 18.2 Å². The van der Waals surface area contributed by atoms with E-state index in [1.807, 2.05) is 6.07 Å². The lowest BCUT2D eigenvalue weighted by Gasteiger charge is -2.34. The number of ether oxygens (including phenoxy) is 1. The summed E-state index contributed by atoms with van der Waals surface area (Å²) in [7, 11) is 0. The first-order valence-electron chi connectivity index (χ1n) is 8.95. The fraction of sp³-hybridized carbons (Fsp3) is 0.474. The van der Waals surface area contributed by atoms with Gasteiger partial charge in [0.2, 0.25) is 11.8 Å². The number of para-hydroxylation sites is 1. The van der Waals surface area contributed by atoms with Crippen LogP contribution in [0.4, 0.5) is 5.69 Å². The van der Waals surface area contributed by atoms with Gasteiger partial charge in [-0.05, 0) is 19.1 Å². The van der Waals surface area contributed by atoms with Gasteiger partial charge in [0, 0.05) is 45.2 Å². The summed E-state index contributed by atoms with van der Waals surface area (Å²) in [4.78, 5) is 50.7. The maximum atomic E-state index is 12.2. The summed E-state index contributed by atoms with van der Waals surface area (Å²) < 4.78 is 5.10. The van der Waals surface area contributed by atoms with Crippen molar-refractivity contribution in [2.24, 2.45) is 0 Å². The molecule has 2 rings (SSSR count). The summed E-state index contributed by atoms with van der Waals surface area (Å²) in [6, 6.07) is 8.87. The maximum absolute atomic E-state index is 12.2. The highest BCUT2D eigenvalue weighted by Crippen LogP contribution is 2.09. The van der Waals surface area contributed by atoms with Gasteiger partial charge in [0.15, 0.2) is 6.10 Å². The Morgan fingerprint density at radius 3 is 2.19 bits per heavy atom. The number of anilines is 1. The topological polar surface area (TPSA) is 96.0 Å². The lowest BCUT2D eigenvalue weighted by molar-refractivity contribution is -0.154. The van der Waals surface area contributed by atoms with Gasteiger partial charge in [-0.15, -0.1) is 0 Å². The number of rotatable bonds is 6. The SMILES string of the molecule is CC(=O)N1CCN(C(=O)CCC(=O)O[C@H](C)C(=O)Nc2ccccc2)CC1. The highest BCUT2D eigenvalue weighted by Gasteiger charge is 2.24. The molecule has 1 aromatic carbocycles. The second kappa shape index (κ2) is 9.70.